The molecule has 0 aliphatic rings. The minimum atomic E-state index is -0.310. The normalized spacial score (nSPS) is 10.9. The van der Waals surface area contributed by atoms with Gasteiger partial charge in [-0.3, -0.25) is 14.2 Å². The van der Waals surface area contributed by atoms with E-state index in [0.717, 1.165) is 11.3 Å². The number of anilines is 1. The molecule has 4 rings (SSSR count). The Bertz CT molecular complexity index is 1210. The fraction of sp³-hybridized carbons (Fsp3) is 0.143. The van der Waals surface area contributed by atoms with Gasteiger partial charge in [0, 0.05) is 17.5 Å². The van der Waals surface area contributed by atoms with E-state index < -0.39 is 0 Å². The van der Waals surface area contributed by atoms with Crippen LogP contribution in [0, 0.1) is 6.92 Å². The van der Waals surface area contributed by atoms with E-state index in [2.05, 4.69) is 40.4 Å². The van der Waals surface area contributed by atoms with Crippen LogP contribution in [0.25, 0.3) is 10.9 Å². The lowest BCUT2D eigenvalue weighted by Crippen LogP contribution is -2.27. The Kier molecular flexibility index (Phi) is 4.99. The summed E-state index contributed by atoms with van der Waals surface area (Å²) in [6, 6.07) is 15.4. The summed E-state index contributed by atoms with van der Waals surface area (Å²) >= 11 is 1.43. The summed E-state index contributed by atoms with van der Waals surface area (Å²) in [7, 11) is 0. The zero-order valence-corrected chi connectivity index (χ0v) is 16.1. The third kappa shape index (κ3) is 3.99. The van der Waals surface area contributed by atoms with Gasteiger partial charge in [-0.2, -0.15) is 0 Å². The highest BCUT2D eigenvalue weighted by Crippen LogP contribution is 2.21. The molecule has 0 spiro atoms. The average molecular weight is 390 g/mol. The van der Waals surface area contributed by atoms with E-state index in [-0.39, 0.29) is 18.0 Å². The van der Waals surface area contributed by atoms with E-state index in [9.17, 15) is 9.59 Å². The van der Waals surface area contributed by atoms with Crippen molar-refractivity contribution in [1.82, 2.24) is 14.5 Å². The molecule has 0 radical (unpaired) electrons. The Balaban J connectivity index is 1.44. The zero-order chi connectivity index (χ0) is 19.5. The SMILES string of the molecule is Cc1cccc(Cc2cnc(NC(=O)Cn3cnc4ccccc4c3=O)s2)c1. The van der Waals surface area contributed by atoms with Gasteiger partial charge in [-0.25, -0.2) is 9.97 Å². The highest BCUT2D eigenvalue weighted by Gasteiger charge is 2.10. The molecule has 1 amide bonds. The van der Waals surface area contributed by atoms with Gasteiger partial charge in [-0.1, -0.05) is 42.0 Å². The molecule has 0 saturated carbocycles. The molecule has 0 saturated heterocycles. The minimum Gasteiger partial charge on any atom is -0.300 e. The maximum atomic E-state index is 12.5. The number of nitrogens with zero attached hydrogens (tertiary/aromatic N) is 3. The van der Waals surface area contributed by atoms with Gasteiger partial charge in [0.15, 0.2) is 5.13 Å². The molecule has 2 aromatic heterocycles. The lowest BCUT2D eigenvalue weighted by Gasteiger charge is -2.06. The van der Waals surface area contributed by atoms with Gasteiger partial charge in [-0.15, -0.1) is 11.3 Å². The van der Waals surface area contributed by atoms with Crippen LogP contribution in [0.2, 0.25) is 0 Å². The summed E-state index contributed by atoms with van der Waals surface area (Å²) in [6.07, 6.45) is 3.94. The molecule has 2 aromatic carbocycles. The molecule has 140 valence electrons. The monoisotopic (exact) mass is 390 g/mol. The van der Waals surface area contributed by atoms with Crippen LogP contribution in [0.5, 0.6) is 0 Å². The first-order chi connectivity index (χ1) is 13.6. The first-order valence-electron chi connectivity index (χ1n) is 8.83. The number of hydrogen-bond donors (Lipinski definition) is 1. The van der Waals surface area contributed by atoms with E-state index in [4.69, 9.17) is 0 Å². The first-order valence-corrected chi connectivity index (χ1v) is 9.64. The molecule has 0 aliphatic carbocycles. The molecular weight excluding hydrogens is 372 g/mol. The lowest BCUT2D eigenvalue weighted by molar-refractivity contribution is -0.116. The molecule has 0 fully saturated rings. The Labute approximate surface area is 165 Å². The van der Waals surface area contributed by atoms with Crippen molar-refractivity contribution in [1.29, 1.82) is 0 Å². The van der Waals surface area contributed by atoms with Crippen molar-refractivity contribution >= 4 is 33.3 Å². The highest BCUT2D eigenvalue weighted by atomic mass is 32.1. The van der Waals surface area contributed by atoms with Gasteiger partial charge in [0.2, 0.25) is 5.91 Å². The number of para-hydroxylation sites is 1. The number of thiazole rings is 1. The van der Waals surface area contributed by atoms with Crippen LogP contribution in [-0.2, 0) is 17.8 Å². The second kappa shape index (κ2) is 7.74. The molecule has 28 heavy (non-hydrogen) atoms. The maximum absolute atomic E-state index is 12.5. The summed E-state index contributed by atoms with van der Waals surface area (Å²) < 4.78 is 1.30. The van der Waals surface area contributed by atoms with Gasteiger partial charge >= 0.3 is 0 Å². The number of carbonyl (C=O) groups is 1. The number of amides is 1. The van der Waals surface area contributed by atoms with E-state index in [1.807, 2.05) is 12.1 Å². The quantitative estimate of drug-likeness (QED) is 0.567. The third-order valence-corrected chi connectivity index (χ3v) is 5.22. The minimum absolute atomic E-state index is 0.108. The van der Waals surface area contributed by atoms with Crippen molar-refractivity contribution in [3.8, 4) is 0 Å². The first kappa shape index (κ1) is 18.1. The average Bonchev–Trinajstić information content (AvgIpc) is 3.11. The molecule has 1 N–H and O–H groups in total. The summed E-state index contributed by atoms with van der Waals surface area (Å²) in [4.78, 5) is 34.4. The number of hydrogen-bond acceptors (Lipinski definition) is 5. The molecule has 4 aromatic rings. The van der Waals surface area contributed by atoms with Crippen LogP contribution in [0.15, 0.2) is 65.8 Å². The summed E-state index contributed by atoms with van der Waals surface area (Å²) in [5.41, 5.74) is 2.80. The van der Waals surface area contributed by atoms with Crippen molar-refractivity contribution < 1.29 is 4.79 Å². The van der Waals surface area contributed by atoms with Crippen molar-refractivity contribution in [3.05, 3.63) is 87.4 Å². The molecule has 6 nitrogen and oxygen atoms in total. The molecule has 0 aliphatic heterocycles. The largest absolute Gasteiger partial charge is 0.300 e. The van der Waals surface area contributed by atoms with Crippen LogP contribution < -0.4 is 10.9 Å². The number of rotatable bonds is 5. The van der Waals surface area contributed by atoms with Crippen LogP contribution in [0.3, 0.4) is 0 Å². The van der Waals surface area contributed by atoms with E-state index in [0.29, 0.717) is 16.0 Å². The number of aryl methyl sites for hydroxylation is 1. The van der Waals surface area contributed by atoms with Gasteiger partial charge in [-0.05, 0) is 24.6 Å². The fourth-order valence-electron chi connectivity index (χ4n) is 3.00. The number of aromatic nitrogens is 3. The Morgan fingerprint density at radius 2 is 2.00 bits per heavy atom. The Morgan fingerprint density at radius 1 is 1.14 bits per heavy atom. The fourth-order valence-corrected chi connectivity index (χ4v) is 3.87. The molecule has 0 unspecified atom stereocenters. The molecular formula is C21H18N4O2S. The predicted molar refractivity (Wildman–Crippen MR) is 111 cm³/mol. The second-order valence-electron chi connectivity index (χ2n) is 6.54. The van der Waals surface area contributed by atoms with Gasteiger partial charge < -0.3 is 5.32 Å². The Morgan fingerprint density at radius 3 is 2.86 bits per heavy atom. The van der Waals surface area contributed by atoms with Crippen LogP contribution >= 0.6 is 11.3 Å². The van der Waals surface area contributed by atoms with Crippen molar-refractivity contribution in [2.75, 3.05) is 5.32 Å². The molecule has 0 atom stereocenters. The van der Waals surface area contributed by atoms with Crippen molar-refractivity contribution in [2.24, 2.45) is 0 Å². The van der Waals surface area contributed by atoms with Crippen LogP contribution in [0.1, 0.15) is 16.0 Å². The number of fused-ring (bicyclic) bond motifs is 1. The van der Waals surface area contributed by atoms with E-state index in [1.165, 1.54) is 33.4 Å². The maximum Gasteiger partial charge on any atom is 0.261 e. The van der Waals surface area contributed by atoms with E-state index >= 15 is 0 Å². The second-order valence-corrected chi connectivity index (χ2v) is 7.66. The number of benzene rings is 2. The van der Waals surface area contributed by atoms with Crippen molar-refractivity contribution in [2.45, 2.75) is 19.9 Å². The van der Waals surface area contributed by atoms with Crippen LogP contribution in [-0.4, -0.2) is 20.4 Å². The van der Waals surface area contributed by atoms with Gasteiger partial charge in [0.05, 0.1) is 17.2 Å². The zero-order valence-electron chi connectivity index (χ0n) is 15.3. The number of carbonyl (C=O) groups excluding carboxylic acids is 1. The Hall–Kier alpha value is -3.32. The molecule has 0 bridgehead atoms. The van der Waals surface area contributed by atoms with Gasteiger partial charge in [0.1, 0.15) is 6.54 Å². The third-order valence-electron chi connectivity index (χ3n) is 4.31. The molecule has 7 heteroatoms. The lowest BCUT2D eigenvalue weighted by atomic mass is 10.1. The van der Waals surface area contributed by atoms with E-state index in [1.54, 1.807) is 24.4 Å². The van der Waals surface area contributed by atoms with Crippen molar-refractivity contribution in [3.63, 3.8) is 0 Å². The summed E-state index contributed by atoms with van der Waals surface area (Å²) in [5.74, 6) is -0.310. The standard InChI is InChI=1S/C21H18N4O2S/c1-14-5-4-6-15(9-14)10-16-11-22-21(28-16)24-19(26)12-25-13-23-18-8-3-2-7-17(18)20(25)27/h2-9,11,13H,10,12H2,1H3,(H,22,24,26). The molecule has 2 heterocycles. The predicted octanol–water partition coefficient (Wildman–Crippen LogP) is 3.39. The number of nitrogens with one attached hydrogen (secondary N) is 1. The van der Waals surface area contributed by atoms with Gasteiger partial charge in [0.25, 0.3) is 5.56 Å². The summed E-state index contributed by atoms with van der Waals surface area (Å²) in [6.45, 7) is 1.95. The van der Waals surface area contributed by atoms with Crippen LogP contribution in [0.4, 0.5) is 5.13 Å². The highest BCUT2D eigenvalue weighted by molar-refractivity contribution is 7.15. The smallest absolute Gasteiger partial charge is 0.261 e. The summed E-state index contributed by atoms with van der Waals surface area (Å²) in [5, 5.41) is 3.78. The topological polar surface area (TPSA) is 76.9 Å².